The Labute approximate surface area is 185 Å². The molecule has 0 aromatic heterocycles. The first kappa shape index (κ1) is 18.6. The summed E-state index contributed by atoms with van der Waals surface area (Å²) in [6, 6.07) is 33.7. The van der Waals surface area contributed by atoms with Gasteiger partial charge in [0.2, 0.25) is 0 Å². The largest absolute Gasteiger partial charge is 0.0622 e. The predicted octanol–water partition coefficient (Wildman–Crippen LogP) is 8.64. The van der Waals surface area contributed by atoms with Crippen LogP contribution in [0.15, 0.2) is 91.0 Å². The first-order chi connectivity index (χ1) is 15.4. The Morgan fingerprint density at radius 3 is 1.94 bits per heavy atom. The van der Waals surface area contributed by atoms with Crippen molar-refractivity contribution in [1.29, 1.82) is 0 Å². The zero-order chi connectivity index (χ0) is 20.6. The summed E-state index contributed by atoms with van der Waals surface area (Å²) in [6.45, 7) is 0. The van der Waals surface area contributed by atoms with E-state index in [1.807, 2.05) is 0 Å². The van der Waals surface area contributed by atoms with Crippen molar-refractivity contribution in [1.82, 2.24) is 0 Å². The van der Waals surface area contributed by atoms with Crippen LogP contribution in [0.5, 0.6) is 0 Å². The Bertz CT molecular complexity index is 1210. The van der Waals surface area contributed by atoms with Gasteiger partial charge < -0.3 is 0 Å². The minimum Gasteiger partial charge on any atom is -0.0622 e. The van der Waals surface area contributed by atoms with Crippen LogP contribution in [-0.2, 0) is 6.42 Å². The fraction of sp³-hybridized carbons (Fsp3) is 0.226. The number of hydrogen-bond acceptors (Lipinski definition) is 0. The van der Waals surface area contributed by atoms with E-state index in [2.05, 4.69) is 91.0 Å². The van der Waals surface area contributed by atoms with Gasteiger partial charge in [0.05, 0.1) is 0 Å². The van der Waals surface area contributed by atoms with E-state index in [4.69, 9.17) is 0 Å². The van der Waals surface area contributed by atoms with Crippen molar-refractivity contribution in [2.75, 3.05) is 0 Å². The van der Waals surface area contributed by atoms with Gasteiger partial charge in [-0.3, -0.25) is 0 Å². The summed E-state index contributed by atoms with van der Waals surface area (Å²) < 4.78 is 0. The normalized spacial score (nSPS) is 15.5. The zero-order valence-corrected chi connectivity index (χ0v) is 18.0. The zero-order valence-electron chi connectivity index (χ0n) is 18.0. The molecule has 4 aromatic rings. The minimum absolute atomic E-state index is 0.663. The van der Waals surface area contributed by atoms with Crippen molar-refractivity contribution in [3.05, 3.63) is 108 Å². The van der Waals surface area contributed by atoms with E-state index < -0.39 is 0 Å². The molecule has 1 fully saturated rings. The lowest BCUT2D eigenvalue weighted by atomic mass is 9.75. The van der Waals surface area contributed by atoms with Crippen LogP contribution in [0.3, 0.4) is 0 Å². The van der Waals surface area contributed by atoms with Crippen molar-refractivity contribution in [2.24, 2.45) is 0 Å². The van der Waals surface area contributed by atoms with E-state index in [0.717, 1.165) is 6.42 Å². The Kier molecular flexibility index (Phi) is 4.72. The van der Waals surface area contributed by atoms with Crippen LogP contribution >= 0.6 is 0 Å². The molecule has 2 aliphatic carbocycles. The Morgan fingerprint density at radius 1 is 0.548 bits per heavy atom. The Morgan fingerprint density at radius 2 is 1.19 bits per heavy atom. The van der Waals surface area contributed by atoms with Gasteiger partial charge in [0, 0.05) is 0 Å². The third-order valence-electron chi connectivity index (χ3n) is 7.31. The van der Waals surface area contributed by atoms with Crippen molar-refractivity contribution in [3.8, 4) is 33.4 Å². The second-order valence-electron chi connectivity index (χ2n) is 9.14. The van der Waals surface area contributed by atoms with Gasteiger partial charge in [-0.15, -0.1) is 0 Å². The van der Waals surface area contributed by atoms with E-state index in [1.54, 1.807) is 11.1 Å². The maximum atomic E-state index is 2.49. The summed E-state index contributed by atoms with van der Waals surface area (Å²) in [6.07, 6.45) is 7.82. The number of rotatable bonds is 3. The average molecular weight is 401 g/mol. The molecule has 0 radical (unpaired) electrons. The summed E-state index contributed by atoms with van der Waals surface area (Å²) >= 11 is 0. The summed E-state index contributed by atoms with van der Waals surface area (Å²) in [5.74, 6) is 0.663. The summed E-state index contributed by atoms with van der Waals surface area (Å²) in [4.78, 5) is 0. The molecule has 0 N–H and O–H groups in total. The van der Waals surface area contributed by atoms with Crippen LogP contribution in [0, 0.1) is 0 Å². The van der Waals surface area contributed by atoms with E-state index in [0.29, 0.717) is 5.92 Å². The van der Waals surface area contributed by atoms with E-state index in [9.17, 15) is 0 Å². The quantitative estimate of drug-likeness (QED) is 0.284. The highest BCUT2D eigenvalue weighted by Gasteiger charge is 2.30. The molecule has 0 unspecified atom stereocenters. The van der Waals surface area contributed by atoms with Crippen molar-refractivity contribution in [3.63, 3.8) is 0 Å². The smallest absolute Gasteiger partial charge is 0.00104 e. The second kappa shape index (κ2) is 7.85. The lowest BCUT2D eigenvalue weighted by molar-refractivity contribution is 0.443. The molecule has 0 heteroatoms. The highest BCUT2D eigenvalue weighted by molar-refractivity contribution is 5.93. The summed E-state index contributed by atoms with van der Waals surface area (Å²) in [5.41, 5.74) is 13.2. The SMILES string of the molecule is c1ccc(-c2cc3c(c(C4CCCCC4)c2-c2ccccc2)Cc2ccccc2-3)cc1. The molecule has 0 spiro atoms. The molecule has 31 heavy (non-hydrogen) atoms. The van der Waals surface area contributed by atoms with Gasteiger partial charge in [0.25, 0.3) is 0 Å². The molecular weight excluding hydrogens is 372 g/mol. The van der Waals surface area contributed by atoms with Gasteiger partial charge in [-0.2, -0.15) is 0 Å². The van der Waals surface area contributed by atoms with E-state index in [1.165, 1.54) is 71.0 Å². The molecule has 0 atom stereocenters. The molecule has 0 saturated heterocycles. The Balaban J connectivity index is 1.70. The van der Waals surface area contributed by atoms with Gasteiger partial charge in [0.15, 0.2) is 0 Å². The first-order valence-corrected chi connectivity index (χ1v) is 11.8. The summed E-state index contributed by atoms with van der Waals surface area (Å²) in [7, 11) is 0. The fourth-order valence-corrected chi connectivity index (χ4v) is 5.91. The lowest BCUT2D eigenvalue weighted by Crippen LogP contribution is -2.10. The maximum absolute atomic E-state index is 2.49. The highest BCUT2D eigenvalue weighted by Crippen LogP contribution is 2.51. The van der Waals surface area contributed by atoms with Gasteiger partial charge >= 0.3 is 0 Å². The van der Waals surface area contributed by atoms with E-state index >= 15 is 0 Å². The number of benzene rings is 4. The van der Waals surface area contributed by atoms with Crippen LogP contribution in [0.25, 0.3) is 33.4 Å². The van der Waals surface area contributed by atoms with Gasteiger partial charge in [-0.25, -0.2) is 0 Å². The van der Waals surface area contributed by atoms with Crippen LogP contribution < -0.4 is 0 Å². The highest BCUT2D eigenvalue weighted by atomic mass is 14.3. The second-order valence-corrected chi connectivity index (χ2v) is 9.14. The molecule has 6 rings (SSSR count). The minimum atomic E-state index is 0.663. The van der Waals surface area contributed by atoms with Crippen LogP contribution in [0.2, 0.25) is 0 Å². The summed E-state index contributed by atoms with van der Waals surface area (Å²) in [5, 5.41) is 0. The predicted molar refractivity (Wildman–Crippen MR) is 131 cm³/mol. The molecule has 0 aliphatic heterocycles. The third kappa shape index (κ3) is 3.22. The van der Waals surface area contributed by atoms with Crippen molar-refractivity contribution >= 4 is 0 Å². The molecule has 0 amide bonds. The van der Waals surface area contributed by atoms with Crippen molar-refractivity contribution < 1.29 is 0 Å². The van der Waals surface area contributed by atoms with Gasteiger partial charge in [0.1, 0.15) is 0 Å². The first-order valence-electron chi connectivity index (χ1n) is 11.8. The topological polar surface area (TPSA) is 0 Å². The molecule has 0 nitrogen and oxygen atoms in total. The standard InChI is InChI=1S/C31H28/c1-4-12-22(13-5-1)27-21-28-26-19-11-10-18-25(26)20-29(28)31(24-16-8-3-9-17-24)30(27)23-14-6-2-7-15-23/h1-2,4-7,10-15,18-19,21,24H,3,8-9,16-17,20H2. The molecule has 1 saturated carbocycles. The molecule has 2 aliphatic rings. The number of fused-ring (bicyclic) bond motifs is 3. The molecule has 0 bridgehead atoms. The molecule has 152 valence electrons. The van der Waals surface area contributed by atoms with Gasteiger partial charge in [-0.1, -0.05) is 104 Å². The van der Waals surface area contributed by atoms with Gasteiger partial charge in [-0.05, 0) is 81.3 Å². The van der Waals surface area contributed by atoms with Crippen LogP contribution in [0.4, 0.5) is 0 Å². The molecule has 4 aromatic carbocycles. The monoisotopic (exact) mass is 400 g/mol. The van der Waals surface area contributed by atoms with Crippen molar-refractivity contribution in [2.45, 2.75) is 44.4 Å². The molecule has 0 heterocycles. The Hall–Kier alpha value is -3.12. The van der Waals surface area contributed by atoms with Crippen LogP contribution in [-0.4, -0.2) is 0 Å². The molecular formula is C31H28. The van der Waals surface area contributed by atoms with E-state index in [-0.39, 0.29) is 0 Å². The average Bonchev–Trinajstić information content (AvgIpc) is 3.23. The third-order valence-corrected chi connectivity index (χ3v) is 7.31. The maximum Gasteiger partial charge on any atom is -0.00104 e. The number of hydrogen-bond donors (Lipinski definition) is 0. The van der Waals surface area contributed by atoms with Crippen LogP contribution in [0.1, 0.15) is 54.7 Å². The lowest BCUT2D eigenvalue weighted by Gasteiger charge is -2.29. The fourth-order valence-electron chi connectivity index (χ4n) is 5.91.